The molecule has 0 aliphatic rings. The Morgan fingerprint density at radius 2 is 1.82 bits per heavy atom. The summed E-state index contributed by atoms with van der Waals surface area (Å²) in [5.41, 5.74) is 2.60. The maximum absolute atomic E-state index is 4.65. The number of hydrogen-bond acceptors (Lipinski definition) is 3. The number of para-hydroxylation sites is 2. The molecule has 3 heteroatoms. The van der Waals surface area contributed by atoms with E-state index in [0.29, 0.717) is 0 Å². The molecule has 1 heterocycles. The van der Waals surface area contributed by atoms with Gasteiger partial charge in [0.15, 0.2) is 0 Å². The highest BCUT2D eigenvalue weighted by molar-refractivity contribution is 7.78. The molecule has 0 aliphatic carbocycles. The van der Waals surface area contributed by atoms with E-state index in [9.17, 15) is 0 Å². The molecule has 0 radical (unpaired) electrons. The molecular weight excluding hydrogens is 228 g/mol. The number of thiocarbonyl (C=S) groups is 1. The number of benzene rings is 2. The van der Waals surface area contributed by atoms with E-state index < -0.39 is 0 Å². The first-order valence-electron chi connectivity index (χ1n) is 5.25. The Balaban J connectivity index is 2.47. The van der Waals surface area contributed by atoms with E-state index in [1.54, 1.807) is 0 Å². The molecule has 17 heavy (non-hydrogen) atoms. The van der Waals surface area contributed by atoms with Crippen LogP contribution in [0.3, 0.4) is 0 Å². The number of aliphatic imine (C=N–C) groups is 1. The van der Waals surface area contributed by atoms with Crippen LogP contribution < -0.4 is 0 Å². The first kappa shape index (κ1) is 10.1. The largest absolute Gasteiger partial charge is 0.245 e. The van der Waals surface area contributed by atoms with Crippen molar-refractivity contribution in [2.24, 2.45) is 4.99 Å². The molecule has 3 aromatic rings. The smallest absolute Gasteiger partial charge is 0.100 e. The van der Waals surface area contributed by atoms with Crippen LogP contribution in [0.25, 0.3) is 21.8 Å². The van der Waals surface area contributed by atoms with Crippen LogP contribution in [-0.2, 0) is 0 Å². The minimum Gasteiger partial charge on any atom is -0.245 e. The molecule has 0 N–H and O–H groups in total. The van der Waals surface area contributed by atoms with Crippen molar-refractivity contribution >= 4 is 44.9 Å². The highest BCUT2D eigenvalue weighted by Gasteiger charge is 2.03. The van der Waals surface area contributed by atoms with Crippen molar-refractivity contribution in [2.45, 2.75) is 0 Å². The maximum atomic E-state index is 4.65. The Kier molecular flexibility index (Phi) is 2.41. The molecule has 2 aromatic carbocycles. The lowest BCUT2D eigenvalue weighted by atomic mass is 10.1. The molecule has 0 spiro atoms. The lowest BCUT2D eigenvalue weighted by Crippen LogP contribution is -1.82. The van der Waals surface area contributed by atoms with Gasteiger partial charge in [-0.1, -0.05) is 30.3 Å². The second kappa shape index (κ2) is 4.06. The van der Waals surface area contributed by atoms with Crippen LogP contribution in [0, 0.1) is 0 Å². The Morgan fingerprint density at radius 3 is 2.71 bits per heavy atom. The molecule has 2 nitrogen and oxygen atoms in total. The summed E-state index contributed by atoms with van der Waals surface area (Å²) in [5, 5.41) is 4.59. The summed E-state index contributed by atoms with van der Waals surface area (Å²) in [6.07, 6.45) is 0. The summed E-state index contributed by atoms with van der Waals surface area (Å²) in [6.45, 7) is 0. The Morgan fingerprint density at radius 1 is 1.00 bits per heavy atom. The quantitative estimate of drug-likeness (QED) is 0.361. The summed E-state index contributed by atoms with van der Waals surface area (Å²) < 4.78 is 0. The van der Waals surface area contributed by atoms with Gasteiger partial charge in [-0.05, 0) is 30.4 Å². The fourth-order valence-corrected chi connectivity index (χ4v) is 2.02. The van der Waals surface area contributed by atoms with E-state index in [1.165, 1.54) is 0 Å². The Labute approximate surface area is 104 Å². The number of fused-ring (bicyclic) bond motifs is 2. The summed E-state index contributed by atoms with van der Waals surface area (Å²) in [5.74, 6) is 0. The van der Waals surface area contributed by atoms with Gasteiger partial charge in [-0.3, -0.25) is 0 Å². The zero-order chi connectivity index (χ0) is 11.7. The van der Waals surface area contributed by atoms with Crippen molar-refractivity contribution in [2.75, 3.05) is 0 Å². The number of rotatable bonds is 1. The van der Waals surface area contributed by atoms with Crippen LogP contribution in [0.1, 0.15) is 0 Å². The lowest BCUT2D eigenvalue weighted by Gasteiger charge is -2.02. The van der Waals surface area contributed by atoms with Gasteiger partial charge in [0.2, 0.25) is 0 Å². The van der Waals surface area contributed by atoms with Gasteiger partial charge in [0.25, 0.3) is 0 Å². The van der Waals surface area contributed by atoms with E-state index >= 15 is 0 Å². The van der Waals surface area contributed by atoms with E-state index in [-0.39, 0.29) is 0 Å². The predicted octanol–water partition coefficient (Wildman–Crippen LogP) is 4.12. The zero-order valence-corrected chi connectivity index (χ0v) is 9.74. The Hall–Kier alpha value is -2.09. The Bertz CT molecular complexity index is 758. The molecule has 0 amide bonds. The normalized spacial score (nSPS) is 10.4. The number of isothiocyanates is 1. The predicted molar refractivity (Wildman–Crippen MR) is 73.9 cm³/mol. The van der Waals surface area contributed by atoms with Gasteiger partial charge in [0.1, 0.15) is 5.69 Å². The second-order valence-corrected chi connectivity index (χ2v) is 3.92. The molecule has 0 fully saturated rings. The summed E-state index contributed by atoms with van der Waals surface area (Å²) in [7, 11) is 0. The summed E-state index contributed by atoms with van der Waals surface area (Å²) >= 11 is 4.65. The molecule has 0 bridgehead atoms. The van der Waals surface area contributed by atoms with Gasteiger partial charge in [-0.25, -0.2) is 4.98 Å². The second-order valence-electron chi connectivity index (χ2n) is 3.73. The number of pyridine rings is 1. The van der Waals surface area contributed by atoms with Crippen molar-refractivity contribution in [1.29, 1.82) is 0 Å². The zero-order valence-electron chi connectivity index (χ0n) is 8.92. The molecule has 0 saturated carbocycles. The van der Waals surface area contributed by atoms with Gasteiger partial charge >= 0.3 is 0 Å². The number of aromatic nitrogens is 1. The highest BCUT2D eigenvalue weighted by atomic mass is 32.1. The molecule has 80 valence electrons. The minimum atomic E-state index is 0.767. The van der Waals surface area contributed by atoms with Gasteiger partial charge in [0, 0.05) is 10.8 Å². The summed E-state index contributed by atoms with van der Waals surface area (Å²) in [4.78, 5) is 8.66. The van der Waals surface area contributed by atoms with Gasteiger partial charge < -0.3 is 0 Å². The third kappa shape index (κ3) is 1.72. The standard InChI is InChI=1S/C14H8N2S/c17-9-15-13-7-3-5-11-8-10-4-1-2-6-12(10)16-14(11)13/h1-8H. The van der Waals surface area contributed by atoms with Crippen LogP contribution in [0.2, 0.25) is 0 Å². The average molecular weight is 236 g/mol. The SMILES string of the molecule is S=C=Nc1cccc2cc3ccccc3nc12. The average Bonchev–Trinajstić information content (AvgIpc) is 2.37. The number of nitrogens with zero attached hydrogens (tertiary/aromatic N) is 2. The fourth-order valence-electron chi connectivity index (χ4n) is 1.93. The monoisotopic (exact) mass is 236 g/mol. The van der Waals surface area contributed by atoms with Crippen molar-refractivity contribution in [3.63, 3.8) is 0 Å². The van der Waals surface area contributed by atoms with Gasteiger partial charge in [-0.2, -0.15) is 4.99 Å². The number of hydrogen-bond donors (Lipinski definition) is 0. The van der Waals surface area contributed by atoms with Crippen LogP contribution in [0.4, 0.5) is 5.69 Å². The third-order valence-electron chi connectivity index (χ3n) is 2.69. The summed E-state index contributed by atoms with van der Waals surface area (Å²) in [6, 6.07) is 16.0. The van der Waals surface area contributed by atoms with Crippen molar-refractivity contribution < 1.29 is 0 Å². The molecule has 0 atom stereocenters. The molecular formula is C14H8N2S. The molecule has 3 rings (SSSR count). The molecule has 1 aromatic heterocycles. The molecule has 0 saturated heterocycles. The molecule has 0 aliphatic heterocycles. The van der Waals surface area contributed by atoms with Crippen LogP contribution in [-0.4, -0.2) is 10.1 Å². The van der Waals surface area contributed by atoms with Gasteiger partial charge in [-0.15, -0.1) is 0 Å². The fraction of sp³-hybridized carbons (Fsp3) is 0. The van der Waals surface area contributed by atoms with Crippen LogP contribution in [0.5, 0.6) is 0 Å². The van der Waals surface area contributed by atoms with Crippen molar-refractivity contribution in [3.05, 3.63) is 48.5 Å². The minimum absolute atomic E-state index is 0.767. The van der Waals surface area contributed by atoms with Gasteiger partial charge in [0.05, 0.1) is 16.2 Å². The van der Waals surface area contributed by atoms with E-state index in [1.807, 2.05) is 36.4 Å². The van der Waals surface area contributed by atoms with E-state index in [2.05, 4.69) is 39.5 Å². The van der Waals surface area contributed by atoms with Crippen molar-refractivity contribution in [1.82, 2.24) is 4.98 Å². The van der Waals surface area contributed by atoms with Crippen LogP contribution >= 0.6 is 12.2 Å². The maximum Gasteiger partial charge on any atom is 0.100 e. The van der Waals surface area contributed by atoms with E-state index in [0.717, 1.165) is 27.5 Å². The topological polar surface area (TPSA) is 25.2 Å². The first-order chi connectivity index (χ1) is 8.38. The highest BCUT2D eigenvalue weighted by Crippen LogP contribution is 2.26. The third-order valence-corrected chi connectivity index (χ3v) is 2.78. The van der Waals surface area contributed by atoms with E-state index in [4.69, 9.17) is 0 Å². The van der Waals surface area contributed by atoms with Crippen molar-refractivity contribution in [3.8, 4) is 0 Å². The molecule has 0 unspecified atom stereocenters. The van der Waals surface area contributed by atoms with Crippen LogP contribution in [0.15, 0.2) is 53.5 Å². The lowest BCUT2D eigenvalue weighted by molar-refractivity contribution is 1.47. The first-order valence-corrected chi connectivity index (χ1v) is 5.66.